The van der Waals surface area contributed by atoms with E-state index in [-0.39, 0.29) is 18.0 Å². The molecule has 2 aromatic heterocycles. The normalized spacial score (nSPS) is 11.0. The summed E-state index contributed by atoms with van der Waals surface area (Å²) in [5.41, 5.74) is 2.88. The Bertz CT molecular complexity index is 1630. The molecule has 0 radical (unpaired) electrons. The lowest BCUT2D eigenvalue weighted by molar-refractivity contribution is -0.116. The average molecular weight is 485 g/mol. The molecule has 0 saturated carbocycles. The number of amides is 1. The van der Waals surface area contributed by atoms with Crippen molar-refractivity contribution in [1.82, 2.24) is 14.0 Å². The zero-order valence-corrected chi connectivity index (χ0v) is 20.0. The Morgan fingerprint density at radius 3 is 2.22 bits per heavy atom. The van der Waals surface area contributed by atoms with Gasteiger partial charge in [0.2, 0.25) is 11.7 Å². The molecule has 9 nitrogen and oxygen atoms in total. The average Bonchev–Trinajstić information content (AvgIpc) is 3.22. The molecule has 0 saturated heterocycles. The number of anilines is 1. The van der Waals surface area contributed by atoms with E-state index < -0.39 is 0 Å². The number of rotatable bonds is 7. The Morgan fingerprint density at radius 2 is 1.53 bits per heavy atom. The quantitative estimate of drug-likeness (QED) is 0.375. The fourth-order valence-corrected chi connectivity index (χ4v) is 4.18. The first kappa shape index (κ1) is 23.0. The molecular weight excluding hydrogens is 460 g/mol. The lowest BCUT2D eigenvalue weighted by Crippen LogP contribution is -2.20. The van der Waals surface area contributed by atoms with E-state index in [0.717, 1.165) is 5.56 Å². The number of imidazole rings is 1. The number of para-hydroxylation sites is 2. The van der Waals surface area contributed by atoms with E-state index in [1.807, 2.05) is 48.5 Å². The third-order valence-electron chi connectivity index (χ3n) is 5.86. The summed E-state index contributed by atoms with van der Waals surface area (Å²) in [4.78, 5) is 31.2. The summed E-state index contributed by atoms with van der Waals surface area (Å²) in [5, 5.41) is 2.88. The molecule has 182 valence electrons. The van der Waals surface area contributed by atoms with Gasteiger partial charge in [-0.25, -0.2) is 9.38 Å². The third-order valence-corrected chi connectivity index (χ3v) is 5.86. The van der Waals surface area contributed by atoms with Crippen LogP contribution >= 0.6 is 0 Å². The molecule has 0 fully saturated rings. The second-order valence-electron chi connectivity index (χ2n) is 8.07. The zero-order chi connectivity index (χ0) is 25.2. The number of benzene rings is 3. The Morgan fingerprint density at radius 1 is 0.833 bits per heavy atom. The van der Waals surface area contributed by atoms with Crippen LogP contribution in [-0.4, -0.2) is 41.2 Å². The minimum absolute atomic E-state index is 0.0649. The molecule has 36 heavy (non-hydrogen) atoms. The lowest BCUT2D eigenvalue weighted by Gasteiger charge is -2.11. The first-order valence-corrected chi connectivity index (χ1v) is 11.2. The molecule has 0 bridgehead atoms. The minimum Gasteiger partial charge on any atom is -0.497 e. The van der Waals surface area contributed by atoms with Crippen molar-refractivity contribution in [2.24, 2.45) is 0 Å². The molecule has 5 rings (SSSR count). The molecule has 1 amide bonds. The molecule has 0 atom stereocenters. The lowest BCUT2D eigenvalue weighted by atomic mass is 10.1. The molecule has 5 aromatic rings. The largest absolute Gasteiger partial charge is 0.497 e. The fourth-order valence-electron chi connectivity index (χ4n) is 4.18. The van der Waals surface area contributed by atoms with E-state index in [1.54, 1.807) is 44.1 Å². The number of carbonyl (C=O) groups is 1. The van der Waals surface area contributed by atoms with Crippen LogP contribution in [0.4, 0.5) is 5.69 Å². The highest BCUT2D eigenvalue weighted by molar-refractivity contribution is 5.93. The van der Waals surface area contributed by atoms with Gasteiger partial charge < -0.3 is 24.1 Å². The number of hydrogen-bond acceptors (Lipinski definition) is 6. The van der Waals surface area contributed by atoms with Crippen molar-refractivity contribution in [3.63, 3.8) is 0 Å². The van der Waals surface area contributed by atoms with Crippen LogP contribution in [0.1, 0.15) is 0 Å². The van der Waals surface area contributed by atoms with Crippen LogP contribution in [0.5, 0.6) is 17.2 Å². The molecule has 9 heteroatoms. The number of methoxy groups -OCH3 is 3. The molecule has 3 aromatic carbocycles. The summed E-state index contributed by atoms with van der Waals surface area (Å²) in [7, 11) is 4.67. The molecule has 0 unspecified atom stereocenters. The molecule has 1 N–H and O–H groups in total. The first-order valence-electron chi connectivity index (χ1n) is 11.2. The van der Waals surface area contributed by atoms with Gasteiger partial charge in [0.1, 0.15) is 23.8 Å². The van der Waals surface area contributed by atoms with Gasteiger partial charge in [0.05, 0.1) is 38.1 Å². The van der Waals surface area contributed by atoms with Crippen molar-refractivity contribution in [3.8, 4) is 28.5 Å². The van der Waals surface area contributed by atoms with Gasteiger partial charge in [0.15, 0.2) is 0 Å². The molecule has 0 spiro atoms. The van der Waals surface area contributed by atoms with Crippen molar-refractivity contribution in [2.75, 3.05) is 26.6 Å². The molecular formula is C27H24N4O5. The van der Waals surface area contributed by atoms with E-state index in [1.165, 1.54) is 10.5 Å². The molecule has 2 heterocycles. The summed E-state index contributed by atoms with van der Waals surface area (Å²) >= 11 is 0. The van der Waals surface area contributed by atoms with E-state index in [0.29, 0.717) is 45.4 Å². The van der Waals surface area contributed by atoms with E-state index in [4.69, 9.17) is 19.2 Å². The van der Waals surface area contributed by atoms with Crippen molar-refractivity contribution in [2.45, 2.75) is 6.54 Å². The predicted octanol–water partition coefficient (Wildman–Crippen LogP) is 3.98. The van der Waals surface area contributed by atoms with Gasteiger partial charge in [0, 0.05) is 35.5 Å². The maximum absolute atomic E-state index is 13.2. The maximum atomic E-state index is 13.2. The smallest absolute Gasteiger partial charge is 0.260 e. The topological polar surface area (TPSA) is 96.1 Å². The van der Waals surface area contributed by atoms with Gasteiger partial charge in [-0.3, -0.25) is 9.59 Å². The number of ether oxygens (including phenoxy) is 3. The number of nitrogens with zero attached hydrogens (tertiary/aromatic N) is 3. The molecule has 0 aliphatic carbocycles. The number of fused-ring (bicyclic) bond motifs is 3. The van der Waals surface area contributed by atoms with Crippen LogP contribution in [0.25, 0.3) is 28.1 Å². The predicted molar refractivity (Wildman–Crippen MR) is 137 cm³/mol. The Labute approximate surface area is 206 Å². The van der Waals surface area contributed by atoms with Crippen LogP contribution in [0.2, 0.25) is 0 Å². The second kappa shape index (κ2) is 9.46. The molecule has 0 aliphatic heterocycles. The van der Waals surface area contributed by atoms with E-state index >= 15 is 0 Å². The highest BCUT2D eigenvalue weighted by atomic mass is 16.5. The van der Waals surface area contributed by atoms with Gasteiger partial charge in [-0.2, -0.15) is 0 Å². The first-order chi connectivity index (χ1) is 17.5. The van der Waals surface area contributed by atoms with Crippen LogP contribution in [0.3, 0.4) is 0 Å². The van der Waals surface area contributed by atoms with Crippen LogP contribution in [-0.2, 0) is 11.3 Å². The van der Waals surface area contributed by atoms with Crippen LogP contribution in [0.15, 0.2) is 77.6 Å². The maximum Gasteiger partial charge on any atom is 0.260 e. The summed E-state index contributed by atoms with van der Waals surface area (Å²) in [6, 6.07) is 21.3. The van der Waals surface area contributed by atoms with E-state index in [2.05, 4.69) is 5.32 Å². The standard InChI is InChI=1S/C27H24N4O5/c1-34-19-8-6-7-17(11-19)22-15-26(33)31-24-10-5-4-9-23(24)30(27(31)29-22)16-25(32)28-18-12-20(35-2)14-21(13-18)36-3/h4-15H,16H2,1-3H3,(H,28,32). The second-order valence-corrected chi connectivity index (χ2v) is 8.07. The molecule has 0 aliphatic rings. The highest BCUT2D eigenvalue weighted by Gasteiger charge is 2.18. The van der Waals surface area contributed by atoms with Gasteiger partial charge in [-0.15, -0.1) is 0 Å². The number of carbonyl (C=O) groups excluding carboxylic acids is 1. The van der Waals surface area contributed by atoms with Crippen molar-refractivity contribution < 1.29 is 19.0 Å². The Hall–Kier alpha value is -4.79. The van der Waals surface area contributed by atoms with Crippen molar-refractivity contribution >= 4 is 28.4 Å². The Kier molecular flexibility index (Phi) is 6.03. The number of nitrogens with one attached hydrogen (secondary N) is 1. The van der Waals surface area contributed by atoms with Gasteiger partial charge >= 0.3 is 0 Å². The van der Waals surface area contributed by atoms with Crippen molar-refractivity contribution in [3.05, 3.63) is 83.2 Å². The summed E-state index contributed by atoms with van der Waals surface area (Å²) in [6.07, 6.45) is 0. The fraction of sp³-hybridized carbons (Fsp3) is 0.148. The highest BCUT2D eigenvalue weighted by Crippen LogP contribution is 2.27. The zero-order valence-electron chi connectivity index (χ0n) is 20.0. The third kappa shape index (κ3) is 4.22. The number of aromatic nitrogens is 3. The summed E-state index contributed by atoms with van der Waals surface area (Å²) in [5.74, 6) is 1.83. The van der Waals surface area contributed by atoms with Gasteiger partial charge in [0.25, 0.3) is 5.56 Å². The van der Waals surface area contributed by atoms with Gasteiger partial charge in [-0.1, -0.05) is 24.3 Å². The summed E-state index contributed by atoms with van der Waals surface area (Å²) in [6.45, 7) is -0.0649. The van der Waals surface area contributed by atoms with Crippen LogP contribution in [0, 0.1) is 0 Å². The summed E-state index contributed by atoms with van der Waals surface area (Å²) < 4.78 is 19.1. The van der Waals surface area contributed by atoms with E-state index in [9.17, 15) is 9.59 Å². The number of hydrogen-bond donors (Lipinski definition) is 1. The SMILES string of the molecule is COc1cc(NC(=O)Cn2c3ccccc3n3c(=O)cc(-c4cccc(OC)c4)nc23)cc(OC)c1. The minimum atomic E-state index is -0.297. The van der Waals surface area contributed by atoms with Gasteiger partial charge in [-0.05, 0) is 24.3 Å². The van der Waals surface area contributed by atoms with Crippen LogP contribution < -0.4 is 25.1 Å². The van der Waals surface area contributed by atoms with Crippen molar-refractivity contribution in [1.29, 1.82) is 0 Å². The Balaban J connectivity index is 1.59. The monoisotopic (exact) mass is 484 g/mol.